The molecule has 0 spiro atoms. The van der Waals surface area contributed by atoms with E-state index in [-0.39, 0.29) is 5.69 Å². The maximum absolute atomic E-state index is 13.3. The molecule has 3 rings (SSSR count). The summed E-state index contributed by atoms with van der Waals surface area (Å²) in [5.41, 5.74) is 6.50. The van der Waals surface area contributed by atoms with Crippen molar-refractivity contribution in [2.75, 3.05) is 5.73 Å². The highest BCUT2D eigenvalue weighted by Gasteiger charge is 2.23. The van der Waals surface area contributed by atoms with Crippen LogP contribution < -0.4 is 5.73 Å². The van der Waals surface area contributed by atoms with Gasteiger partial charge < -0.3 is 5.73 Å². The molecule has 20 heavy (non-hydrogen) atoms. The summed E-state index contributed by atoms with van der Waals surface area (Å²) < 4.78 is 15.1. The summed E-state index contributed by atoms with van der Waals surface area (Å²) in [5.74, 6) is 1.02. The summed E-state index contributed by atoms with van der Waals surface area (Å²) in [5, 5.41) is 12.0. The summed E-state index contributed by atoms with van der Waals surface area (Å²) in [4.78, 5) is 0. The molecule has 1 aliphatic rings. The van der Waals surface area contributed by atoms with Gasteiger partial charge in [0.2, 0.25) is 0 Å². The number of nitrogens with zero attached hydrogens (tertiary/aromatic N) is 4. The number of rotatable bonds is 2. The number of nitrogens with two attached hydrogens (primary N) is 1. The second-order valence-electron chi connectivity index (χ2n) is 5.60. The Balaban J connectivity index is 1.91. The highest BCUT2D eigenvalue weighted by Crippen LogP contribution is 2.33. The van der Waals surface area contributed by atoms with E-state index in [1.165, 1.54) is 18.9 Å². The minimum absolute atomic E-state index is 0.120. The van der Waals surface area contributed by atoms with Crippen molar-refractivity contribution >= 4 is 5.69 Å². The smallest absolute Gasteiger partial charge is 0.182 e. The van der Waals surface area contributed by atoms with Crippen molar-refractivity contribution in [3.05, 3.63) is 24.0 Å². The average Bonchev–Trinajstić information content (AvgIpc) is 2.92. The van der Waals surface area contributed by atoms with Crippen LogP contribution >= 0.6 is 0 Å². The molecule has 1 aromatic heterocycles. The zero-order valence-corrected chi connectivity index (χ0v) is 11.5. The normalized spacial score (nSPS) is 22.9. The van der Waals surface area contributed by atoms with Crippen LogP contribution in [-0.4, -0.2) is 20.2 Å². The van der Waals surface area contributed by atoms with Crippen LogP contribution in [0.3, 0.4) is 0 Å². The topological polar surface area (TPSA) is 69.6 Å². The number of nitrogen functional groups attached to an aromatic ring is 1. The first-order valence-corrected chi connectivity index (χ1v) is 6.98. The Morgan fingerprint density at radius 2 is 2.00 bits per heavy atom. The lowest BCUT2D eigenvalue weighted by atomic mass is 9.87. The molecule has 5 nitrogen and oxygen atoms in total. The molecular formula is C14H18FN5. The van der Waals surface area contributed by atoms with E-state index in [2.05, 4.69) is 22.4 Å². The molecule has 0 amide bonds. The molecule has 106 valence electrons. The Hall–Kier alpha value is -1.98. The maximum Gasteiger partial charge on any atom is 0.182 e. The summed E-state index contributed by atoms with van der Waals surface area (Å²) in [7, 11) is 0. The first-order valence-electron chi connectivity index (χ1n) is 6.98. The van der Waals surface area contributed by atoms with E-state index in [0.717, 1.165) is 24.3 Å². The van der Waals surface area contributed by atoms with Gasteiger partial charge in [0.15, 0.2) is 5.82 Å². The van der Waals surface area contributed by atoms with Gasteiger partial charge in [-0.05, 0) is 60.2 Å². The van der Waals surface area contributed by atoms with Crippen LogP contribution in [0.1, 0.15) is 38.6 Å². The largest absolute Gasteiger partial charge is 0.396 e. The minimum atomic E-state index is -0.417. The van der Waals surface area contributed by atoms with Gasteiger partial charge in [-0.2, -0.15) is 0 Å². The standard InChI is InChI=1S/C14H18FN5/c1-9-2-5-11(6-3-9)20-14(17-18-19-20)10-4-7-12(15)13(16)8-10/h4,7-9,11H,2-3,5-6,16H2,1H3. The molecule has 0 aliphatic heterocycles. The third kappa shape index (κ3) is 2.37. The van der Waals surface area contributed by atoms with Crippen LogP contribution in [0.25, 0.3) is 11.4 Å². The van der Waals surface area contributed by atoms with E-state index < -0.39 is 5.82 Å². The monoisotopic (exact) mass is 275 g/mol. The van der Waals surface area contributed by atoms with Gasteiger partial charge in [-0.25, -0.2) is 9.07 Å². The molecular weight excluding hydrogens is 257 g/mol. The molecule has 0 saturated heterocycles. The number of benzene rings is 1. The minimum Gasteiger partial charge on any atom is -0.396 e. The molecule has 1 aliphatic carbocycles. The molecule has 2 aromatic rings. The van der Waals surface area contributed by atoms with E-state index in [4.69, 9.17) is 5.73 Å². The van der Waals surface area contributed by atoms with Gasteiger partial charge in [-0.1, -0.05) is 6.92 Å². The van der Waals surface area contributed by atoms with Crippen molar-refractivity contribution in [1.29, 1.82) is 0 Å². The lowest BCUT2D eigenvalue weighted by Crippen LogP contribution is -2.18. The van der Waals surface area contributed by atoms with Gasteiger partial charge in [-0.15, -0.1) is 5.10 Å². The second kappa shape index (κ2) is 5.19. The third-order valence-corrected chi connectivity index (χ3v) is 4.08. The van der Waals surface area contributed by atoms with E-state index in [0.29, 0.717) is 11.9 Å². The zero-order chi connectivity index (χ0) is 14.1. The number of hydrogen-bond acceptors (Lipinski definition) is 4. The Bertz CT molecular complexity index is 601. The predicted octanol–water partition coefficient (Wildman–Crippen LogP) is 2.81. The molecule has 1 fully saturated rings. The van der Waals surface area contributed by atoms with Gasteiger partial charge >= 0.3 is 0 Å². The fourth-order valence-electron chi connectivity index (χ4n) is 2.80. The molecule has 0 atom stereocenters. The Labute approximate surface area is 117 Å². The van der Waals surface area contributed by atoms with Gasteiger partial charge in [0.25, 0.3) is 0 Å². The fourth-order valence-corrected chi connectivity index (χ4v) is 2.80. The number of hydrogen-bond donors (Lipinski definition) is 1. The molecule has 1 saturated carbocycles. The van der Waals surface area contributed by atoms with Crippen molar-refractivity contribution < 1.29 is 4.39 Å². The van der Waals surface area contributed by atoms with Crippen LogP contribution in [0.5, 0.6) is 0 Å². The lowest BCUT2D eigenvalue weighted by molar-refractivity contribution is 0.272. The molecule has 1 heterocycles. The quantitative estimate of drug-likeness (QED) is 0.856. The average molecular weight is 275 g/mol. The van der Waals surface area contributed by atoms with Crippen LogP contribution in [0.2, 0.25) is 0 Å². The Morgan fingerprint density at radius 1 is 1.25 bits per heavy atom. The van der Waals surface area contributed by atoms with Crippen molar-refractivity contribution in [2.45, 2.75) is 38.6 Å². The molecule has 2 N–H and O–H groups in total. The molecule has 6 heteroatoms. The van der Waals surface area contributed by atoms with E-state index in [9.17, 15) is 4.39 Å². The van der Waals surface area contributed by atoms with Crippen LogP contribution in [0, 0.1) is 11.7 Å². The van der Waals surface area contributed by atoms with Gasteiger partial charge in [0, 0.05) is 5.56 Å². The first-order chi connectivity index (χ1) is 9.65. The third-order valence-electron chi connectivity index (χ3n) is 4.08. The van der Waals surface area contributed by atoms with Crippen molar-refractivity contribution in [3.63, 3.8) is 0 Å². The van der Waals surface area contributed by atoms with Gasteiger partial charge in [0.1, 0.15) is 5.82 Å². The van der Waals surface area contributed by atoms with Crippen molar-refractivity contribution in [2.24, 2.45) is 5.92 Å². The van der Waals surface area contributed by atoms with Crippen LogP contribution in [-0.2, 0) is 0 Å². The zero-order valence-electron chi connectivity index (χ0n) is 11.5. The van der Waals surface area contributed by atoms with E-state index in [1.54, 1.807) is 12.1 Å². The lowest BCUT2D eigenvalue weighted by Gasteiger charge is -2.26. The summed E-state index contributed by atoms with van der Waals surface area (Å²) in [6.45, 7) is 2.28. The number of aromatic nitrogens is 4. The highest BCUT2D eigenvalue weighted by molar-refractivity contribution is 5.61. The Kier molecular flexibility index (Phi) is 3.38. The molecule has 0 unspecified atom stereocenters. The SMILES string of the molecule is CC1CCC(n2nnnc2-c2ccc(F)c(N)c2)CC1. The predicted molar refractivity (Wildman–Crippen MR) is 74.3 cm³/mol. The number of tetrazole rings is 1. The molecule has 0 bridgehead atoms. The van der Waals surface area contributed by atoms with Crippen LogP contribution in [0.15, 0.2) is 18.2 Å². The second-order valence-corrected chi connectivity index (χ2v) is 5.60. The maximum atomic E-state index is 13.3. The number of anilines is 1. The molecule has 1 aromatic carbocycles. The Morgan fingerprint density at radius 3 is 2.70 bits per heavy atom. The summed E-state index contributed by atoms with van der Waals surface area (Å²) in [6.07, 6.45) is 4.54. The first kappa shape index (κ1) is 13.0. The molecule has 0 radical (unpaired) electrons. The van der Waals surface area contributed by atoms with Crippen molar-refractivity contribution in [1.82, 2.24) is 20.2 Å². The van der Waals surface area contributed by atoms with Crippen molar-refractivity contribution in [3.8, 4) is 11.4 Å². The van der Waals surface area contributed by atoms with E-state index >= 15 is 0 Å². The summed E-state index contributed by atoms with van der Waals surface area (Å²) in [6, 6.07) is 4.93. The van der Waals surface area contributed by atoms with E-state index in [1.807, 2.05) is 4.68 Å². The van der Waals surface area contributed by atoms with Gasteiger partial charge in [0.05, 0.1) is 11.7 Å². The fraction of sp³-hybridized carbons (Fsp3) is 0.500. The summed E-state index contributed by atoms with van der Waals surface area (Å²) >= 11 is 0. The van der Waals surface area contributed by atoms with Crippen LogP contribution in [0.4, 0.5) is 10.1 Å². The number of halogens is 1. The highest BCUT2D eigenvalue weighted by atomic mass is 19.1. The van der Waals surface area contributed by atoms with Gasteiger partial charge in [-0.3, -0.25) is 0 Å².